The summed E-state index contributed by atoms with van der Waals surface area (Å²) in [5.74, 6) is 2.13. The maximum atomic E-state index is 6.10. The average Bonchev–Trinajstić information content (AvgIpc) is 2.73. The number of nitrogens with zero attached hydrogens (tertiary/aromatic N) is 4. The summed E-state index contributed by atoms with van der Waals surface area (Å²) in [6.45, 7) is 7.45. The third kappa shape index (κ3) is 1.82. The molecule has 6 heteroatoms. The van der Waals surface area contributed by atoms with Crippen molar-refractivity contribution in [2.75, 3.05) is 11.9 Å². The summed E-state index contributed by atoms with van der Waals surface area (Å²) in [6.07, 6.45) is 2.75. The summed E-state index contributed by atoms with van der Waals surface area (Å²) in [7, 11) is 0. The molecule has 0 radical (unpaired) electrons. The molecular formula is C12H16ClN5. The van der Waals surface area contributed by atoms with Gasteiger partial charge in [0.05, 0.1) is 0 Å². The van der Waals surface area contributed by atoms with Gasteiger partial charge in [0.1, 0.15) is 17.3 Å². The van der Waals surface area contributed by atoms with Gasteiger partial charge in [0.15, 0.2) is 0 Å². The molecule has 1 aliphatic rings. The molecule has 1 unspecified atom stereocenters. The summed E-state index contributed by atoms with van der Waals surface area (Å²) < 4.78 is 1.70. The third-order valence-corrected chi connectivity index (χ3v) is 4.21. The number of aromatic nitrogens is 4. The van der Waals surface area contributed by atoms with Crippen molar-refractivity contribution < 1.29 is 0 Å². The van der Waals surface area contributed by atoms with E-state index in [1.54, 1.807) is 4.52 Å². The van der Waals surface area contributed by atoms with Crippen molar-refractivity contribution in [3.8, 4) is 0 Å². The van der Waals surface area contributed by atoms with Gasteiger partial charge in [-0.2, -0.15) is 19.6 Å². The van der Waals surface area contributed by atoms with Crippen LogP contribution in [0.5, 0.6) is 0 Å². The first kappa shape index (κ1) is 11.7. The Bertz CT molecular complexity index is 604. The van der Waals surface area contributed by atoms with Gasteiger partial charge in [-0.15, -0.1) is 0 Å². The molecule has 3 rings (SSSR count). The van der Waals surface area contributed by atoms with Crippen LogP contribution in [0.3, 0.4) is 0 Å². The Kier molecular flexibility index (Phi) is 2.48. The number of nitrogens with one attached hydrogen (secondary N) is 1. The highest BCUT2D eigenvalue weighted by Crippen LogP contribution is 2.51. The number of halogens is 1. The lowest BCUT2D eigenvalue weighted by molar-refractivity contribution is 0.572. The molecule has 96 valence electrons. The minimum Gasteiger partial charge on any atom is -0.369 e. The molecule has 0 bridgehead atoms. The number of hydrogen-bond acceptors (Lipinski definition) is 4. The van der Waals surface area contributed by atoms with Crippen molar-refractivity contribution >= 4 is 23.2 Å². The van der Waals surface area contributed by atoms with E-state index in [-0.39, 0.29) is 0 Å². The van der Waals surface area contributed by atoms with Crippen LogP contribution in [0, 0.1) is 18.3 Å². The molecule has 2 aromatic heterocycles. The zero-order chi connectivity index (χ0) is 12.9. The number of fused-ring (bicyclic) bond motifs is 1. The fourth-order valence-corrected chi connectivity index (χ4v) is 2.41. The van der Waals surface area contributed by atoms with E-state index < -0.39 is 0 Å². The number of anilines is 1. The minimum atomic E-state index is 0.458. The van der Waals surface area contributed by atoms with Gasteiger partial charge in [-0.1, -0.05) is 25.4 Å². The summed E-state index contributed by atoms with van der Waals surface area (Å²) >= 11 is 6.10. The molecule has 1 atom stereocenters. The second kappa shape index (κ2) is 3.82. The van der Waals surface area contributed by atoms with E-state index in [1.807, 2.05) is 6.92 Å². The van der Waals surface area contributed by atoms with E-state index in [0.29, 0.717) is 22.3 Å². The topological polar surface area (TPSA) is 55.1 Å². The smallest absolute Gasteiger partial charge is 0.255 e. The Hall–Kier alpha value is -1.36. The van der Waals surface area contributed by atoms with Crippen LogP contribution in [0.1, 0.15) is 25.8 Å². The quantitative estimate of drug-likeness (QED) is 0.867. The first-order valence-corrected chi connectivity index (χ1v) is 6.46. The fraction of sp³-hybridized carbons (Fsp3) is 0.583. The molecule has 1 aliphatic carbocycles. The summed E-state index contributed by atoms with van der Waals surface area (Å²) in [5.41, 5.74) is 1.37. The van der Waals surface area contributed by atoms with Gasteiger partial charge in [-0.3, -0.25) is 0 Å². The molecule has 2 aromatic rings. The van der Waals surface area contributed by atoms with Gasteiger partial charge < -0.3 is 5.32 Å². The summed E-state index contributed by atoms with van der Waals surface area (Å²) in [6, 6.07) is 0. The zero-order valence-corrected chi connectivity index (χ0v) is 11.5. The predicted molar refractivity (Wildman–Crippen MR) is 70.9 cm³/mol. The molecule has 0 saturated heterocycles. The van der Waals surface area contributed by atoms with Gasteiger partial charge >= 0.3 is 0 Å². The lowest BCUT2D eigenvalue weighted by Crippen LogP contribution is -2.13. The lowest BCUT2D eigenvalue weighted by atomic mass is 10.1. The maximum absolute atomic E-state index is 6.10. The minimum absolute atomic E-state index is 0.458. The van der Waals surface area contributed by atoms with Crippen molar-refractivity contribution in [2.45, 2.75) is 27.2 Å². The molecule has 0 aromatic carbocycles. The average molecular weight is 266 g/mol. The Balaban J connectivity index is 1.90. The van der Waals surface area contributed by atoms with Gasteiger partial charge in [0.2, 0.25) is 0 Å². The van der Waals surface area contributed by atoms with E-state index in [9.17, 15) is 0 Å². The van der Waals surface area contributed by atoms with Crippen LogP contribution in [0.2, 0.25) is 5.15 Å². The molecule has 5 nitrogen and oxygen atoms in total. The Morgan fingerprint density at radius 1 is 1.56 bits per heavy atom. The largest absolute Gasteiger partial charge is 0.369 e. The van der Waals surface area contributed by atoms with E-state index in [2.05, 4.69) is 34.2 Å². The lowest BCUT2D eigenvalue weighted by Gasteiger charge is -2.12. The molecule has 1 saturated carbocycles. The van der Waals surface area contributed by atoms with E-state index in [0.717, 1.165) is 17.9 Å². The van der Waals surface area contributed by atoms with Crippen LogP contribution in [0.4, 0.5) is 5.82 Å². The van der Waals surface area contributed by atoms with Crippen LogP contribution in [0.25, 0.3) is 5.78 Å². The van der Waals surface area contributed by atoms with Crippen LogP contribution < -0.4 is 5.32 Å². The van der Waals surface area contributed by atoms with Gasteiger partial charge in [-0.25, -0.2) is 0 Å². The zero-order valence-electron chi connectivity index (χ0n) is 10.7. The van der Waals surface area contributed by atoms with Gasteiger partial charge in [0.25, 0.3) is 5.78 Å². The standard InChI is InChI=1S/C12H16ClN5/c1-7-9(13)17-11-15-6-16-18(11)10(7)14-5-8-4-12(8,2)3/h6,8,14H,4-5H2,1-3H3. The highest BCUT2D eigenvalue weighted by Gasteiger charge is 2.45. The summed E-state index contributed by atoms with van der Waals surface area (Å²) in [4.78, 5) is 8.25. The Labute approximate surface area is 111 Å². The highest BCUT2D eigenvalue weighted by molar-refractivity contribution is 6.30. The SMILES string of the molecule is Cc1c(Cl)nc2ncnn2c1NCC1CC1(C)C. The van der Waals surface area contributed by atoms with Crippen molar-refractivity contribution in [2.24, 2.45) is 11.3 Å². The molecule has 1 fully saturated rings. The molecule has 0 aliphatic heterocycles. The third-order valence-electron chi connectivity index (χ3n) is 3.84. The monoisotopic (exact) mass is 265 g/mol. The molecule has 0 amide bonds. The number of hydrogen-bond donors (Lipinski definition) is 1. The van der Waals surface area contributed by atoms with Crippen LogP contribution in [-0.4, -0.2) is 26.1 Å². The van der Waals surface area contributed by atoms with Gasteiger partial charge in [-0.05, 0) is 24.7 Å². The van der Waals surface area contributed by atoms with Crippen molar-refractivity contribution in [1.29, 1.82) is 0 Å². The van der Waals surface area contributed by atoms with Gasteiger partial charge in [0, 0.05) is 12.1 Å². The fourth-order valence-electron chi connectivity index (χ4n) is 2.25. The van der Waals surface area contributed by atoms with E-state index in [1.165, 1.54) is 12.7 Å². The van der Waals surface area contributed by atoms with Crippen molar-refractivity contribution in [3.05, 3.63) is 17.0 Å². The summed E-state index contributed by atoms with van der Waals surface area (Å²) in [5, 5.41) is 8.09. The second-order valence-corrected chi connectivity index (χ2v) is 5.98. The highest BCUT2D eigenvalue weighted by atomic mass is 35.5. The molecule has 1 N–H and O–H groups in total. The first-order valence-electron chi connectivity index (χ1n) is 6.09. The predicted octanol–water partition coefficient (Wildman–Crippen LogP) is 2.54. The molecule has 2 heterocycles. The maximum Gasteiger partial charge on any atom is 0.255 e. The van der Waals surface area contributed by atoms with Crippen LogP contribution in [-0.2, 0) is 0 Å². The van der Waals surface area contributed by atoms with E-state index in [4.69, 9.17) is 11.6 Å². The van der Waals surface area contributed by atoms with Crippen molar-refractivity contribution in [1.82, 2.24) is 19.6 Å². The molecule has 18 heavy (non-hydrogen) atoms. The normalized spacial score (nSPS) is 21.2. The Morgan fingerprint density at radius 3 is 2.94 bits per heavy atom. The Morgan fingerprint density at radius 2 is 2.28 bits per heavy atom. The number of rotatable bonds is 3. The van der Waals surface area contributed by atoms with Crippen molar-refractivity contribution in [3.63, 3.8) is 0 Å². The second-order valence-electron chi connectivity index (χ2n) is 5.62. The van der Waals surface area contributed by atoms with Crippen LogP contribution >= 0.6 is 11.6 Å². The molecule has 0 spiro atoms. The molecular weight excluding hydrogens is 250 g/mol. The van der Waals surface area contributed by atoms with E-state index >= 15 is 0 Å². The van der Waals surface area contributed by atoms with Crippen LogP contribution in [0.15, 0.2) is 6.33 Å². The first-order chi connectivity index (χ1) is 8.49.